The average molecular weight is 280 g/mol. The number of hydrogen-bond donors (Lipinski definition) is 1. The summed E-state index contributed by atoms with van der Waals surface area (Å²) in [6.45, 7) is 0.415. The predicted octanol–water partition coefficient (Wildman–Crippen LogP) is 1.77. The van der Waals surface area contributed by atoms with Crippen LogP contribution in [0.5, 0.6) is 5.75 Å². The Morgan fingerprint density at radius 3 is 2.79 bits per heavy atom. The zero-order chi connectivity index (χ0) is 13.7. The molecule has 1 aromatic heterocycles. The van der Waals surface area contributed by atoms with Crippen LogP contribution in [0.1, 0.15) is 5.56 Å². The molecule has 0 saturated carbocycles. The molecule has 0 bridgehead atoms. The molecule has 0 aliphatic rings. The Balaban J connectivity index is 1.74. The molecule has 0 unspecified atom stereocenters. The van der Waals surface area contributed by atoms with Crippen molar-refractivity contribution in [1.29, 1.82) is 0 Å². The number of amides is 1. The van der Waals surface area contributed by atoms with Crippen molar-refractivity contribution >= 4 is 17.5 Å². The summed E-state index contributed by atoms with van der Waals surface area (Å²) in [7, 11) is 1.83. The van der Waals surface area contributed by atoms with Gasteiger partial charge in [-0.2, -0.15) is 5.10 Å². The van der Waals surface area contributed by atoms with Crippen LogP contribution in [0.4, 0.5) is 0 Å². The summed E-state index contributed by atoms with van der Waals surface area (Å²) < 4.78 is 7.01. The summed E-state index contributed by atoms with van der Waals surface area (Å²) in [4.78, 5) is 11.6. The molecule has 6 heteroatoms. The molecule has 1 heterocycles. The normalized spacial score (nSPS) is 10.2. The van der Waals surface area contributed by atoms with Gasteiger partial charge in [-0.05, 0) is 24.3 Å². The highest BCUT2D eigenvalue weighted by Gasteiger charge is 2.03. The van der Waals surface area contributed by atoms with E-state index in [0.717, 1.165) is 5.56 Å². The molecule has 5 nitrogen and oxygen atoms in total. The van der Waals surface area contributed by atoms with E-state index >= 15 is 0 Å². The third-order valence-corrected chi connectivity index (χ3v) is 2.68. The van der Waals surface area contributed by atoms with Gasteiger partial charge in [-0.15, -0.1) is 0 Å². The Hall–Kier alpha value is -2.01. The van der Waals surface area contributed by atoms with Crippen molar-refractivity contribution in [3.8, 4) is 5.75 Å². The lowest BCUT2D eigenvalue weighted by Gasteiger charge is -2.06. The van der Waals surface area contributed by atoms with Crippen molar-refractivity contribution in [3.63, 3.8) is 0 Å². The number of hydrogen-bond acceptors (Lipinski definition) is 3. The molecular formula is C13H14ClN3O2. The number of aryl methyl sites for hydroxylation is 1. The number of rotatable bonds is 5. The second-order valence-corrected chi connectivity index (χ2v) is 4.48. The van der Waals surface area contributed by atoms with E-state index in [0.29, 0.717) is 17.3 Å². The number of carbonyl (C=O) groups is 1. The van der Waals surface area contributed by atoms with Crippen molar-refractivity contribution in [3.05, 3.63) is 47.2 Å². The molecule has 2 aromatic rings. The summed E-state index contributed by atoms with van der Waals surface area (Å²) in [5.74, 6) is 0.430. The first-order valence-corrected chi connectivity index (χ1v) is 6.14. The van der Waals surface area contributed by atoms with Crippen molar-refractivity contribution in [1.82, 2.24) is 15.1 Å². The highest BCUT2D eigenvalue weighted by atomic mass is 35.5. The van der Waals surface area contributed by atoms with Crippen LogP contribution in [0.3, 0.4) is 0 Å². The molecule has 0 atom stereocenters. The van der Waals surface area contributed by atoms with Gasteiger partial charge in [0.2, 0.25) is 0 Å². The predicted molar refractivity (Wildman–Crippen MR) is 72.0 cm³/mol. The van der Waals surface area contributed by atoms with Gasteiger partial charge in [-0.1, -0.05) is 11.6 Å². The zero-order valence-electron chi connectivity index (χ0n) is 10.5. The van der Waals surface area contributed by atoms with Crippen LogP contribution in [0.15, 0.2) is 36.7 Å². The Labute approximate surface area is 116 Å². The zero-order valence-corrected chi connectivity index (χ0v) is 11.2. The molecule has 1 amide bonds. The molecular weight excluding hydrogens is 266 g/mol. The number of nitrogens with zero attached hydrogens (tertiary/aromatic N) is 2. The maximum atomic E-state index is 11.6. The summed E-state index contributed by atoms with van der Waals surface area (Å²) >= 11 is 5.75. The third-order valence-electron chi connectivity index (χ3n) is 2.43. The van der Waals surface area contributed by atoms with Crippen LogP contribution in [-0.4, -0.2) is 22.3 Å². The van der Waals surface area contributed by atoms with Gasteiger partial charge >= 0.3 is 0 Å². The average Bonchev–Trinajstić information content (AvgIpc) is 2.81. The lowest BCUT2D eigenvalue weighted by Crippen LogP contribution is -2.28. The maximum Gasteiger partial charge on any atom is 0.258 e. The van der Waals surface area contributed by atoms with Crippen molar-refractivity contribution in [2.24, 2.45) is 7.05 Å². The van der Waals surface area contributed by atoms with E-state index in [1.807, 2.05) is 13.2 Å². The Kier molecular flexibility index (Phi) is 4.41. The van der Waals surface area contributed by atoms with Crippen molar-refractivity contribution < 1.29 is 9.53 Å². The fourth-order valence-corrected chi connectivity index (χ4v) is 1.62. The molecule has 100 valence electrons. The van der Waals surface area contributed by atoms with Gasteiger partial charge < -0.3 is 10.1 Å². The largest absolute Gasteiger partial charge is 0.484 e. The lowest BCUT2D eigenvalue weighted by molar-refractivity contribution is -0.123. The van der Waals surface area contributed by atoms with Gasteiger partial charge in [0.05, 0.1) is 6.20 Å². The van der Waals surface area contributed by atoms with E-state index in [-0.39, 0.29) is 12.5 Å². The van der Waals surface area contributed by atoms with Gasteiger partial charge in [0.1, 0.15) is 5.75 Å². The fourth-order valence-electron chi connectivity index (χ4n) is 1.49. The molecule has 0 spiro atoms. The van der Waals surface area contributed by atoms with Crippen LogP contribution < -0.4 is 10.1 Å². The Bertz CT molecular complexity index is 551. The van der Waals surface area contributed by atoms with Crippen LogP contribution >= 0.6 is 11.6 Å². The molecule has 0 radical (unpaired) electrons. The maximum absolute atomic E-state index is 11.6. The lowest BCUT2D eigenvalue weighted by atomic mass is 10.3. The summed E-state index contributed by atoms with van der Waals surface area (Å²) in [6, 6.07) is 6.86. The first-order valence-electron chi connectivity index (χ1n) is 5.76. The molecule has 0 aliphatic heterocycles. The van der Waals surface area contributed by atoms with Gasteiger partial charge in [-0.25, -0.2) is 0 Å². The van der Waals surface area contributed by atoms with Crippen molar-refractivity contribution in [2.45, 2.75) is 6.54 Å². The van der Waals surface area contributed by atoms with Crippen LogP contribution in [0, 0.1) is 0 Å². The van der Waals surface area contributed by atoms with E-state index in [4.69, 9.17) is 16.3 Å². The van der Waals surface area contributed by atoms with E-state index in [2.05, 4.69) is 10.4 Å². The van der Waals surface area contributed by atoms with E-state index in [1.165, 1.54) is 0 Å². The standard InChI is InChI=1S/C13H14ClN3O2/c1-17-8-10(7-16-17)6-15-13(18)9-19-12-4-2-11(14)3-5-12/h2-5,7-8H,6,9H2,1H3,(H,15,18). The van der Waals surface area contributed by atoms with Crippen LogP contribution in [-0.2, 0) is 18.4 Å². The second kappa shape index (κ2) is 6.24. The minimum absolute atomic E-state index is 0.0259. The highest BCUT2D eigenvalue weighted by Crippen LogP contribution is 2.15. The summed E-state index contributed by atoms with van der Waals surface area (Å²) in [5, 5.41) is 7.40. The Morgan fingerprint density at radius 1 is 1.42 bits per heavy atom. The molecule has 2 rings (SSSR count). The van der Waals surface area contributed by atoms with Gasteiger partial charge in [0, 0.05) is 30.4 Å². The molecule has 0 saturated heterocycles. The number of carbonyl (C=O) groups excluding carboxylic acids is 1. The SMILES string of the molecule is Cn1cc(CNC(=O)COc2ccc(Cl)cc2)cn1. The van der Waals surface area contributed by atoms with E-state index < -0.39 is 0 Å². The smallest absolute Gasteiger partial charge is 0.258 e. The molecule has 1 N–H and O–H groups in total. The third kappa shape index (κ3) is 4.30. The fraction of sp³-hybridized carbons (Fsp3) is 0.231. The number of aromatic nitrogens is 2. The highest BCUT2D eigenvalue weighted by molar-refractivity contribution is 6.30. The first kappa shape index (κ1) is 13.4. The van der Waals surface area contributed by atoms with Gasteiger partial charge in [0.15, 0.2) is 6.61 Å². The van der Waals surface area contributed by atoms with Crippen LogP contribution in [0.25, 0.3) is 0 Å². The second-order valence-electron chi connectivity index (χ2n) is 4.04. The van der Waals surface area contributed by atoms with Crippen LogP contribution in [0.2, 0.25) is 5.02 Å². The first-order chi connectivity index (χ1) is 9.13. The Morgan fingerprint density at radius 2 is 2.16 bits per heavy atom. The van der Waals surface area contributed by atoms with E-state index in [1.54, 1.807) is 35.1 Å². The molecule has 0 fully saturated rings. The minimum Gasteiger partial charge on any atom is -0.484 e. The number of ether oxygens (including phenoxy) is 1. The quantitative estimate of drug-likeness (QED) is 0.907. The van der Waals surface area contributed by atoms with Gasteiger partial charge in [-0.3, -0.25) is 9.48 Å². The topological polar surface area (TPSA) is 56.2 Å². The van der Waals surface area contributed by atoms with Gasteiger partial charge in [0.25, 0.3) is 5.91 Å². The number of nitrogens with one attached hydrogen (secondary N) is 1. The van der Waals surface area contributed by atoms with Crippen molar-refractivity contribution in [2.75, 3.05) is 6.61 Å². The monoisotopic (exact) mass is 279 g/mol. The summed E-state index contributed by atoms with van der Waals surface area (Å²) in [6.07, 6.45) is 3.56. The number of halogens is 1. The molecule has 1 aromatic carbocycles. The minimum atomic E-state index is -0.182. The molecule has 19 heavy (non-hydrogen) atoms. The number of benzene rings is 1. The molecule has 0 aliphatic carbocycles. The van der Waals surface area contributed by atoms with E-state index in [9.17, 15) is 4.79 Å². The summed E-state index contributed by atoms with van der Waals surface area (Å²) in [5.41, 5.74) is 0.947.